The van der Waals surface area contributed by atoms with E-state index in [4.69, 9.17) is 5.21 Å². The fourth-order valence-corrected chi connectivity index (χ4v) is 3.94. The zero-order valence-corrected chi connectivity index (χ0v) is 21.0. The first kappa shape index (κ1) is 28.0. The van der Waals surface area contributed by atoms with Crippen molar-refractivity contribution in [1.82, 2.24) is 16.1 Å². The maximum Gasteiger partial charge on any atom is 0.272 e. The van der Waals surface area contributed by atoms with E-state index in [1.54, 1.807) is 0 Å². The Morgan fingerprint density at radius 2 is 1.29 bits per heavy atom. The van der Waals surface area contributed by atoms with Gasteiger partial charge in [-0.15, -0.1) is 0 Å². The molecular weight excluding hydrogens is 446 g/mol. The molecule has 0 saturated carbocycles. The zero-order valence-electron chi connectivity index (χ0n) is 21.0. The van der Waals surface area contributed by atoms with Crippen molar-refractivity contribution in [1.29, 1.82) is 0 Å². The number of nitrogens with one attached hydrogen (secondary N) is 3. The first-order chi connectivity index (χ1) is 16.5. The molecule has 0 aromatic heterocycles. The van der Waals surface area contributed by atoms with Crippen LogP contribution in [0.1, 0.15) is 58.2 Å². The van der Waals surface area contributed by atoms with Crippen molar-refractivity contribution in [3.05, 3.63) is 71.8 Å². The molecule has 0 fully saturated rings. The highest BCUT2D eigenvalue weighted by Gasteiger charge is 2.39. The molecule has 0 aliphatic heterocycles. The van der Waals surface area contributed by atoms with Gasteiger partial charge in [-0.2, -0.15) is 0 Å². The summed E-state index contributed by atoms with van der Waals surface area (Å²) in [5.74, 6) is -3.27. The summed E-state index contributed by atoms with van der Waals surface area (Å²) in [6.45, 7) is 9.17. The maximum absolute atomic E-state index is 13.6. The summed E-state index contributed by atoms with van der Waals surface area (Å²) in [5, 5.41) is 25.1. The van der Waals surface area contributed by atoms with Gasteiger partial charge in [0.2, 0.25) is 11.8 Å². The Balaban J connectivity index is 2.34. The lowest BCUT2D eigenvalue weighted by atomic mass is 9.84. The summed E-state index contributed by atoms with van der Waals surface area (Å²) >= 11 is 0. The van der Waals surface area contributed by atoms with Crippen LogP contribution in [0.4, 0.5) is 0 Å². The molecular formula is C27H37N3O5. The van der Waals surface area contributed by atoms with Crippen LogP contribution in [0.5, 0.6) is 0 Å². The zero-order chi connectivity index (χ0) is 26.2. The number of carbonyl (C=O) groups excluding carboxylic acids is 3. The van der Waals surface area contributed by atoms with Crippen LogP contribution in [0.2, 0.25) is 0 Å². The quantitative estimate of drug-likeness (QED) is 0.262. The van der Waals surface area contributed by atoms with E-state index in [2.05, 4.69) is 10.6 Å². The molecule has 0 aliphatic carbocycles. The summed E-state index contributed by atoms with van der Waals surface area (Å²) in [6.07, 6.45) is -1.57. The normalized spacial score (nSPS) is 14.2. The van der Waals surface area contributed by atoms with Crippen molar-refractivity contribution in [3.63, 3.8) is 0 Å². The molecule has 0 spiro atoms. The Kier molecular flexibility index (Phi) is 9.98. The highest BCUT2D eigenvalue weighted by Crippen LogP contribution is 2.26. The largest absolute Gasteiger partial charge is 0.382 e. The third-order valence-corrected chi connectivity index (χ3v) is 5.79. The van der Waals surface area contributed by atoms with E-state index in [1.807, 2.05) is 95.3 Å². The first-order valence-corrected chi connectivity index (χ1v) is 11.8. The van der Waals surface area contributed by atoms with E-state index in [9.17, 15) is 19.5 Å². The van der Waals surface area contributed by atoms with Gasteiger partial charge >= 0.3 is 0 Å². The topological polar surface area (TPSA) is 128 Å². The van der Waals surface area contributed by atoms with Crippen LogP contribution < -0.4 is 16.1 Å². The van der Waals surface area contributed by atoms with Gasteiger partial charge in [0, 0.05) is 0 Å². The van der Waals surface area contributed by atoms with Crippen LogP contribution in [0.15, 0.2) is 60.7 Å². The van der Waals surface area contributed by atoms with Gasteiger partial charge in [0.15, 0.2) is 0 Å². The van der Waals surface area contributed by atoms with Gasteiger partial charge in [-0.3, -0.25) is 19.6 Å². The number of carbonyl (C=O) groups is 3. The van der Waals surface area contributed by atoms with E-state index in [0.29, 0.717) is 0 Å². The minimum Gasteiger partial charge on any atom is -0.382 e. The van der Waals surface area contributed by atoms with E-state index >= 15 is 0 Å². The number of amides is 3. The van der Waals surface area contributed by atoms with E-state index < -0.39 is 47.2 Å². The molecule has 8 heteroatoms. The number of aliphatic hydroxyl groups is 1. The van der Waals surface area contributed by atoms with Gasteiger partial charge in [0.25, 0.3) is 5.91 Å². The molecule has 35 heavy (non-hydrogen) atoms. The Bertz CT molecular complexity index is 934. The van der Waals surface area contributed by atoms with Gasteiger partial charge in [-0.25, -0.2) is 5.48 Å². The molecule has 3 atom stereocenters. The number of hydrogen-bond donors (Lipinski definition) is 5. The Labute approximate surface area is 207 Å². The van der Waals surface area contributed by atoms with E-state index in [1.165, 1.54) is 5.48 Å². The van der Waals surface area contributed by atoms with E-state index in [0.717, 1.165) is 11.1 Å². The van der Waals surface area contributed by atoms with Crippen molar-refractivity contribution in [2.75, 3.05) is 0 Å². The number of aliphatic hydroxyl groups excluding tert-OH is 1. The minimum atomic E-state index is -1.76. The fraction of sp³-hybridized carbons (Fsp3) is 0.444. The van der Waals surface area contributed by atoms with Crippen molar-refractivity contribution in [2.45, 2.75) is 59.2 Å². The SMILES string of the molecule is CC(C)CC(C(=O)NC(C(=O)NC(c1ccccc1)c1ccccc1)C(C)(C)C)C(O)C(=O)NO. The number of benzene rings is 2. The fourth-order valence-electron chi connectivity index (χ4n) is 3.94. The van der Waals surface area contributed by atoms with Crippen LogP contribution in [0.25, 0.3) is 0 Å². The molecule has 3 unspecified atom stereocenters. The summed E-state index contributed by atoms with van der Waals surface area (Å²) in [5.41, 5.74) is 2.49. The van der Waals surface area contributed by atoms with Crippen LogP contribution in [0.3, 0.4) is 0 Å². The third-order valence-electron chi connectivity index (χ3n) is 5.79. The van der Waals surface area contributed by atoms with Crippen molar-refractivity contribution in [2.24, 2.45) is 17.3 Å². The van der Waals surface area contributed by atoms with Crippen molar-refractivity contribution in [3.8, 4) is 0 Å². The molecule has 0 bridgehead atoms. The third kappa shape index (κ3) is 7.90. The number of rotatable bonds is 10. The average molecular weight is 484 g/mol. The van der Waals surface area contributed by atoms with Gasteiger partial charge < -0.3 is 15.7 Å². The number of hydrogen-bond acceptors (Lipinski definition) is 5. The Morgan fingerprint density at radius 1 is 0.800 bits per heavy atom. The highest BCUT2D eigenvalue weighted by molar-refractivity contribution is 5.92. The van der Waals surface area contributed by atoms with Gasteiger partial charge in [-0.1, -0.05) is 95.3 Å². The molecule has 2 aromatic carbocycles. The Morgan fingerprint density at radius 3 is 1.69 bits per heavy atom. The molecule has 2 rings (SSSR count). The lowest BCUT2D eigenvalue weighted by Crippen LogP contribution is -2.57. The summed E-state index contributed by atoms with van der Waals surface area (Å²) in [4.78, 5) is 38.6. The van der Waals surface area contributed by atoms with Crippen molar-refractivity contribution >= 4 is 17.7 Å². The van der Waals surface area contributed by atoms with Gasteiger partial charge in [-0.05, 0) is 28.9 Å². The average Bonchev–Trinajstić information content (AvgIpc) is 2.83. The molecule has 190 valence electrons. The second-order valence-corrected chi connectivity index (χ2v) is 10.2. The second-order valence-electron chi connectivity index (χ2n) is 10.2. The highest BCUT2D eigenvalue weighted by atomic mass is 16.5. The minimum absolute atomic E-state index is 0.0191. The molecule has 0 radical (unpaired) electrons. The smallest absolute Gasteiger partial charge is 0.272 e. The lowest BCUT2D eigenvalue weighted by molar-refractivity contribution is -0.147. The standard InChI is InChI=1S/C27H37N3O5/c1-17(2)16-20(22(31)25(33)30-35)24(32)29-23(27(3,4)5)26(34)28-21(18-12-8-6-9-13-18)19-14-10-7-11-15-19/h6-15,17,20-23,31,35H,16H2,1-5H3,(H,28,34)(H,29,32)(H,30,33). The molecule has 0 aliphatic rings. The second kappa shape index (κ2) is 12.5. The number of hydroxylamine groups is 1. The monoisotopic (exact) mass is 483 g/mol. The van der Waals surface area contributed by atoms with Crippen LogP contribution in [-0.4, -0.2) is 40.2 Å². The van der Waals surface area contributed by atoms with Crippen LogP contribution >= 0.6 is 0 Å². The molecule has 2 aromatic rings. The van der Waals surface area contributed by atoms with Crippen LogP contribution in [0, 0.1) is 17.3 Å². The molecule has 0 saturated heterocycles. The van der Waals surface area contributed by atoms with Crippen LogP contribution in [-0.2, 0) is 14.4 Å². The first-order valence-electron chi connectivity index (χ1n) is 11.8. The summed E-state index contributed by atoms with van der Waals surface area (Å²) < 4.78 is 0. The Hall–Kier alpha value is -3.23. The molecule has 8 nitrogen and oxygen atoms in total. The van der Waals surface area contributed by atoms with Gasteiger partial charge in [0.05, 0.1) is 12.0 Å². The summed E-state index contributed by atoms with van der Waals surface area (Å²) in [6, 6.07) is 17.7. The summed E-state index contributed by atoms with van der Waals surface area (Å²) in [7, 11) is 0. The molecule has 3 amide bonds. The lowest BCUT2D eigenvalue weighted by Gasteiger charge is -2.34. The maximum atomic E-state index is 13.6. The predicted octanol–water partition coefficient (Wildman–Crippen LogP) is 2.95. The molecule has 5 N–H and O–H groups in total. The van der Waals surface area contributed by atoms with Crippen molar-refractivity contribution < 1.29 is 24.7 Å². The molecule has 0 heterocycles. The van der Waals surface area contributed by atoms with E-state index in [-0.39, 0.29) is 12.3 Å². The predicted molar refractivity (Wildman–Crippen MR) is 133 cm³/mol. The van der Waals surface area contributed by atoms with Gasteiger partial charge in [0.1, 0.15) is 12.1 Å².